The molecule has 0 aromatic carbocycles. The minimum atomic E-state index is -0.119. The summed E-state index contributed by atoms with van der Waals surface area (Å²) in [6, 6.07) is 3.67. The van der Waals surface area contributed by atoms with Crippen molar-refractivity contribution in [1.29, 1.82) is 0 Å². The molecular formula is C13H19N3O2S. The second-order valence-electron chi connectivity index (χ2n) is 4.17. The molecule has 0 atom stereocenters. The molecule has 2 N–H and O–H groups in total. The molecule has 1 amide bonds. The zero-order chi connectivity index (χ0) is 14.3. The van der Waals surface area contributed by atoms with E-state index < -0.39 is 0 Å². The van der Waals surface area contributed by atoms with Crippen molar-refractivity contribution in [3.05, 3.63) is 29.6 Å². The average Bonchev–Trinajstić information content (AvgIpc) is 2.38. The molecule has 0 spiro atoms. The molecule has 0 unspecified atom stereocenters. The Balaban J connectivity index is 2.81. The number of pyridine rings is 1. The van der Waals surface area contributed by atoms with Crippen LogP contribution in [-0.2, 0) is 4.74 Å². The van der Waals surface area contributed by atoms with E-state index in [0.717, 1.165) is 5.56 Å². The van der Waals surface area contributed by atoms with E-state index >= 15 is 0 Å². The van der Waals surface area contributed by atoms with Crippen LogP contribution in [0.25, 0.3) is 0 Å². The predicted octanol–water partition coefficient (Wildman–Crippen LogP) is 1.15. The van der Waals surface area contributed by atoms with Gasteiger partial charge in [-0.2, -0.15) is 0 Å². The molecule has 0 radical (unpaired) electrons. The molecule has 0 aliphatic carbocycles. The van der Waals surface area contributed by atoms with Crippen molar-refractivity contribution >= 4 is 23.1 Å². The molecule has 0 saturated carbocycles. The lowest BCUT2D eigenvalue weighted by atomic mass is 10.2. The summed E-state index contributed by atoms with van der Waals surface area (Å²) in [6.45, 7) is 3.30. The zero-order valence-corrected chi connectivity index (χ0v) is 12.1. The highest BCUT2D eigenvalue weighted by Crippen LogP contribution is 2.08. The maximum absolute atomic E-state index is 12.4. The molecule has 0 aliphatic heterocycles. The summed E-state index contributed by atoms with van der Waals surface area (Å²) in [6.07, 6.45) is 2.11. The van der Waals surface area contributed by atoms with Gasteiger partial charge < -0.3 is 15.4 Å². The number of hydrogen-bond donors (Lipinski definition) is 1. The highest BCUT2D eigenvalue weighted by Gasteiger charge is 2.18. The maximum atomic E-state index is 12.4. The van der Waals surface area contributed by atoms with Crippen LogP contribution in [-0.4, -0.2) is 47.6 Å². The van der Waals surface area contributed by atoms with Crippen molar-refractivity contribution in [1.82, 2.24) is 9.88 Å². The Morgan fingerprint density at radius 1 is 1.53 bits per heavy atom. The van der Waals surface area contributed by atoms with Gasteiger partial charge in [-0.15, -0.1) is 0 Å². The molecule has 1 heterocycles. The van der Waals surface area contributed by atoms with Gasteiger partial charge in [0.05, 0.1) is 11.6 Å². The van der Waals surface area contributed by atoms with Gasteiger partial charge in [0.2, 0.25) is 0 Å². The number of carbonyl (C=O) groups is 1. The van der Waals surface area contributed by atoms with E-state index in [9.17, 15) is 4.79 Å². The summed E-state index contributed by atoms with van der Waals surface area (Å²) in [5.41, 5.74) is 6.80. The molecule has 19 heavy (non-hydrogen) atoms. The Labute approximate surface area is 118 Å². The van der Waals surface area contributed by atoms with E-state index in [1.807, 2.05) is 13.0 Å². The van der Waals surface area contributed by atoms with E-state index in [1.54, 1.807) is 24.3 Å². The number of ether oxygens (including phenoxy) is 1. The highest BCUT2D eigenvalue weighted by molar-refractivity contribution is 7.80. The number of nitrogens with zero attached hydrogens (tertiary/aromatic N) is 2. The lowest BCUT2D eigenvalue weighted by molar-refractivity contribution is 0.0694. The van der Waals surface area contributed by atoms with E-state index in [4.69, 9.17) is 22.7 Å². The minimum absolute atomic E-state index is 0.119. The quantitative estimate of drug-likeness (QED) is 0.759. The van der Waals surface area contributed by atoms with Gasteiger partial charge >= 0.3 is 0 Å². The molecule has 0 aliphatic rings. The van der Waals surface area contributed by atoms with Crippen molar-refractivity contribution in [3.63, 3.8) is 0 Å². The van der Waals surface area contributed by atoms with Crippen LogP contribution < -0.4 is 5.73 Å². The Morgan fingerprint density at radius 3 is 2.84 bits per heavy atom. The fourth-order valence-electron chi connectivity index (χ4n) is 1.62. The fourth-order valence-corrected chi connectivity index (χ4v) is 1.71. The van der Waals surface area contributed by atoms with Crippen molar-refractivity contribution < 1.29 is 9.53 Å². The Bertz CT molecular complexity index is 451. The molecule has 5 nitrogen and oxygen atoms in total. The van der Waals surface area contributed by atoms with E-state index in [-0.39, 0.29) is 5.91 Å². The molecule has 0 saturated heterocycles. The summed E-state index contributed by atoms with van der Waals surface area (Å²) in [4.78, 5) is 18.6. The van der Waals surface area contributed by atoms with Crippen LogP contribution in [0.4, 0.5) is 0 Å². The zero-order valence-electron chi connectivity index (χ0n) is 11.3. The van der Waals surface area contributed by atoms with Crippen molar-refractivity contribution in [3.8, 4) is 0 Å². The lowest BCUT2D eigenvalue weighted by Gasteiger charge is -2.22. The normalized spacial score (nSPS) is 10.2. The second-order valence-corrected chi connectivity index (χ2v) is 4.69. The lowest BCUT2D eigenvalue weighted by Crippen LogP contribution is -2.37. The van der Waals surface area contributed by atoms with Gasteiger partial charge in [-0.25, -0.2) is 0 Å². The van der Waals surface area contributed by atoms with Crippen molar-refractivity contribution in [2.24, 2.45) is 5.73 Å². The summed E-state index contributed by atoms with van der Waals surface area (Å²) < 4.78 is 5.02. The first kappa shape index (κ1) is 15.5. The summed E-state index contributed by atoms with van der Waals surface area (Å²) in [5, 5.41) is 0. The van der Waals surface area contributed by atoms with Crippen LogP contribution in [0.2, 0.25) is 0 Å². The van der Waals surface area contributed by atoms with Gasteiger partial charge in [0.15, 0.2) is 0 Å². The third kappa shape index (κ3) is 4.92. The molecule has 1 aromatic heterocycles. The van der Waals surface area contributed by atoms with Crippen LogP contribution in [0.5, 0.6) is 0 Å². The topological polar surface area (TPSA) is 68.5 Å². The molecular weight excluding hydrogens is 262 g/mol. The van der Waals surface area contributed by atoms with Crippen LogP contribution in [0.15, 0.2) is 18.3 Å². The number of nitrogens with two attached hydrogens (primary N) is 1. The van der Waals surface area contributed by atoms with Gasteiger partial charge in [0, 0.05) is 32.8 Å². The number of carbonyl (C=O) groups excluding carboxylic acids is 1. The molecule has 104 valence electrons. The Kier molecular flexibility index (Phi) is 6.38. The van der Waals surface area contributed by atoms with E-state index in [1.165, 1.54) is 0 Å². The van der Waals surface area contributed by atoms with Gasteiger partial charge in [-0.1, -0.05) is 18.3 Å². The SMILES string of the molecule is COCCN(CCC(N)=S)C(=O)c1ncccc1C. The molecule has 1 aromatic rings. The number of thiocarbonyl (C=S) groups is 1. The third-order valence-corrected chi connectivity index (χ3v) is 2.90. The standard InChI is InChI=1S/C13H19N3O2S/c1-10-4-3-6-15-12(10)13(17)16(8-9-18-2)7-5-11(14)19/h3-4,6H,5,7-9H2,1-2H3,(H2,14,19). The number of hydrogen-bond acceptors (Lipinski definition) is 4. The first-order chi connectivity index (χ1) is 9.06. The predicted molar refractivity (Wildman–Crippen MR) is 78.2 cm³/mol. The van der Waals surface area contributed by atoms with E-state index in [0.29, 0.717) is 36.8 Å². The largest absolute Gasteiger partial charge is 0.393 e. The molecule has 0 bridgehead atoms. The fraction of sp³-hybridized carbons (Fsp3) is 0.462. The first-order valence-electron chi connectivity index (χ1n) is 6.04. The van der Waals surface area contributed by atoms with Gasteiger partial charge in [-0.05, 0) is 18.6 Å². The Morgan fingerprint density at radius 2 is 2.26 bits per heavy atom. The summed E-state index contributed by atoms with van der Waals surface area (Å²) >= 11 is 4.85. The van der Waals surface area contributed by atoms with Crippen LogP contribution in [0, 0.1) is 6.92 Å². The van der Waals surface area contributed by atoms with Gasteiger partial charge in [-0.3, -0.25) is 9.78 Å². The first-order valence-corrected chi connectivity index (χ1v) is 6.45. The Hall–Kier alpha value is -1.53. The monoisotopic (exact) mass is 281 g/mol. The average molecular weight is 281 g/mol. The summed E-state index contributed by atoms with van der Waals surface area (Å²) in [5.74, 6) is -0.119. The van der Waals surface area contributed by atoms with Crippen LogP contribution in [0.3, 0.4) is 0 Å². The molecule has 0 fully saturated rings. The number of aryl methyl sites for hydroxylation is 1. The number of methoxy groups -OCH3 is 1. The van der Waals surface area contributed by atoms with E-state index in [2.05, 4.69) is 4.98 Å². The molecule has 6 heteroatoms. The van der Waals surface area contributed by atoms with Crippen molar-refractivity contribution in [2.75, 3.05) is 26.8 Å². The maximum Gasteiger partial charge on any atom is 0.272 e. The second kappa shape index (κ2) is 7.81. The third-order valence-electron chi connectivity index (χ3n) is 2.69. The number of aromatic nitrogens is 1. The number of amides is 1. The molecule has 1 rings (SSSR count). The van der Waals surface area contributed by atoms with Gasteiger partial charge in [0.1, 0.15) is 5.69 Å². The van der Waals surface area contributed by atoms with Crippen LogP contribution in [0.1, 0.15) is 22.5 Å². The van der Waals surface area contributed by atoms with Crippen molar-refractivity contribution in [2.45, 2.75) is 13.3 Å². The minimum Gasteiger partial charge on any atom is -0.393 e. The van der Waals surface area contributed by atoms with Gasteiger partial charge in [0.25, 0.3) is 5.91 Å². The summed E-state index contributed by atoms with van der Waals surface area (Å²) in [7, 11) is 1.60. The number of rotatable bonds is 7. The highest BCUT2D eigenvalue weighted by atomic mass is 32.1. The smallest absolute Gasteiger partial charge is 0.272 e. The van der Waals surface area contributed by atoms with Crippen LogP contribution >= 0.6 is 12.2 Å².